The highest BCUT2D eigenvalue weighted by Crippen LogP contribution is 2.69. The van der Waals surface area contributed by atoms with Gasteiger partial charge in [0.1, 0.15) is 5.60 Å². The first-order chi connectivity index (χ1) is 14.7. The zero-order chi connectivity index (χ0) is 22.0. The molecule has 5 fully saturated rings. The molecule has 0 aromatic heterocycles. The lowest BCUT2D eigenvalue weighted by Gasteiger charge is -2.63. The number of ketones is 1. The Morgan fingerprint density at radius 3 is 2.71 bits per heavy atom. The molecule has 1 heterocycles. The smallest absolute Gasteiger partial charge is 0.404 e. The van der Waals surface area contributed by atoms with Gasteiger partial charge in [0.25, 0.3) is 0 Å². The van der Waals surface area contributed by atoms with Crippen molar-refractivity contribution >= 4 is 12.9 Å². The van der Waals surface area contributed by atoms with Crippen LogP contribution >= 0.6 is 0 Å². The van der Waals surface area contributed by atoms with Gasteiger partial charge in [-0.1, -0.05) is 33.6 Å². The highest BCUT2D eigenvalue weighted by molar-refractivity contribution is 6.46. The van der Waals surface area contributed by atoms with Gasteiger partial charge in [-0.25, -0.2) is 0 Å². The van der Waals surface area contributed by atoms with Crippen molar-refractivity contribution < 1.29 is 24.3 Å². The third-order valence-corrected chi connectivity index (χ3v) is 10.7. The molecule has 1 saturated heterocycles. The fourth-order valence-corrected chi connectivity index (χ4v) is 9.12. The van der Waals surface area contributed by atoms with Crippen molar-refractivity contribution in [3.8, 4) is 0 Å². The Hall–Kier alpha value is -0.425. The number of aliphatic hydroxyl groups excluding tert-OH is 2. The van der Waals surface area contributed by atoms with Crippen molar-refractivity contribution in [2.24, 2.45) is 34.5 Å². The lowest BCUT2D eigenvalue weighted by atomic mass is 9.43. The number of fused-ring (bicyclic) bond motifs is 6. The molecule has 31 heavy (non-hydrogen) atoms. The molecule has 2 N–H and O–H groups in total. The monoisotopic (exact) mass is 432 g/mol. The Labute approximate surface area is 187 Å². The fraction of sp³-hybridized carbons (Fsp3) is 0.960. The minimum absolute atomic E-state index is 0.0941. The molecule has 9 atom stereocenters. The Morgan fingerprint density at radius 1 is 1.13 bits per heavy atom. The number of carbonyl (C=O) groups excluding carboxylic acids is 1. The van der Waals surface area contributed by atoms with E-state index in [0.717, 1.165) is 64.1 Å². The summed E-state index contributed by atoms with van der Waals surface area (Å²) in [7, 11) is -0.295. The van der Waals surface area contributed by atoms with Crippen LogP contribution in [0.2, 0.25) is 6.32 Å². The molecule has 4 aliphatic carbocycles. The van der Waals surface area contributed by atoms with E-state index in [2.05, 4.69) is 20.8 Å². The molecule has 5 nitrogen and oxygen atoms in total. The molecule has 0 aromatic carbocycles. The van der Waals surface area contributed by atoms with Crippen molar-refractivity contribution in [1.82, 2.24) is 0 Å². The lowest BCUT2D eigenvalue weighted by molar-refractivity contribution is -0.204. The van der Waals surface area contributed by atoms with Gasteiger partial charge in [0.05, 0.1) is 18.8 Å². The lowest BCUT2D eigenvalue weighted by Crippen LogP contribution is -2.66. The van der Waals surface area contributed by atoms with E-state index in [1.807, 2.05) is 0 Å². The fourth-order valence-electron chi connectivity index (χ4n) is 9.12. The van der Waals surface area contributed by atoms with Gasteiger partial charge in [-0.3, -0.25) is 4.79 Å². The normalized spacial score (nSPS) is 52.0. The van der Waals surface area contributed by atoms with Crippen molar-refractivity contribution in [3.63, 3.8) is 0 Å². The standard InChI is InChI=1S/C25H41BO5/c1-4-5-12-26-30-15-21(29)25(31-26)11-9-19-18-7-6-16-13-17(27)8-10-23(16,2)22(18)20(28)14-24(19,25)3/h16-20,22,27-28H,4-15H2,1-3H3. The first-order valence-corrected chi connectivity index (χ1v) is 12.9. The van der Waals surface area contributed by atoms with Gasteiger partial charge in [0, 0.05) is 5.41 Å². The summed E-state index contributed by atoms with van der Waals surface area (Å²) in [5.74, 6) is 1.73. The summed E-state index contributed by atoms with van der Waals surface area (Å²) in [5, 5.41) is 21.9. The SMILES string of the molecule is CCCCB1OCC(=O)C2(CCC3C4CCC5CC(O)CCC5(C)C4C(O)CC32C)O1. The first kappa shape index (κ1) is 22.4. The van der Waals surface area contributed by atoms with E-state index in [0.29, 0.717) is 24.2 Å². The van der Waals surface area contributed by atoms with Gasteiger partial charge in [-0.15, -0.1) is 0 Å². The molecular formula is C25H41BO5. The molecule has 0 aromatic rings. The molecule has 174 valence electrons. The molecule has 5 aliphatic rings. The summed E-state index contributed by atoms with van der Waals surface area (Å²) in [6.45, 7) is 6.94. The van der Waals surface area contributed by atoms with Crippen LogP contribution in [0.3, 0.4) is 0 Å². The molecule has 1 spiro atoms. The number of hydrogen-bond donors (Lipinski definition) is 2. The second-order valence-corrected chi connectivity index (χ2v) is 12.0. The third-order valence-electron chi connectivity index (χ3n) is 10.7. The molecule has 4 saturated carbocycles. The summed E-state index contributed by atoms with van der Waals surface area (Å²) in [5.41, 5.74) is -1.01. The molecule has 0 bridgehead atoms. The van der Waals surface area contributed by atoms with Gasteiger partial charge in [-0.2, -0.15) is 0 Å². The van der Waals surface area contributed by atoms with Crippen LogP contribution in [0.5, 0.6) is 0 Å². The average molecular weight is 432 g/mol. The summed E-state index contributed by atoms with van der Waals surface area (Å²) in [6, 6.07) is 0. The Balaban J connectivity index is 1.45. The molecule has 0 amide bonds. The molecule has 0 radical (unpaired) electrons. The van der Waals surface area contributed by atoms with Crippen molar-refractivity contribution in [1.29, 1.82) is 0 Å². The van der Waals surface area contributed by atoms with E-state index in [4.69, 9.17) is 9.31 Å². The maximum Gasteiger partial charge on any atom is 0.457 e. The second kappa shape index (κ2) is 7.82. The van der Waals surface area contributed by atoms with E-state index < -0.39 is 11.7 Å². The molecule has 6 heteroatoms. The first-order valence-electron chi connectivity index (χ1n) is 12.9. The van der Waals surface area contributed by atoms with E-state index >= 15 is 0 Å². The van der Waals surface area contributed by atoms with E-state index in [-0.39, 0.29) is 42.4 Å². The van der Waals surface area contributed by atoms with Gasteiger partial charge >= 0.3 is 7.12 Å². The maximum atomic E-state index is 13.3. The average Bonchev–Trinajstić information content (AvgIpc) is 3.01. The van der Waals surface area contributed by atoms with Crippen LogP contribution in [0.25, 0.3) is 0 Å². The minimum Gasteiger partial charge on any atom is -0.404 e. The predicted molar refractivity (Wildman–Crippen MR) is 119 cm³/mol. The Morgan fingerprint density at radius 2 is 1.94 bits per heavy atom. The van der Waals surface area contributed by atoms with Crippen LogP contribution in [-0.2, 0) is 14.1 Å². The zero-order valence-electron chi connectivity index (χ0n) is 19.6. The van der Waals surface area contributed by atoms with Gasteiger partial charge in [-0.05, 0) is 86.8 Å². The molecular weight excluding hydrogens is 391 g/mol. The summed E-state index contributed by atoms with van der Waals surface area (Å²) in [4.78, 5) is 13.3. The van der Waals surface area contributed by atoms with Gasteiger partial charge < -0.3 is 19.5 Å². The highest BCUT2D eigenvalue weighted by Gasteiger charge is 2.70. The number of unbranched alkanes of at least 4 members (excludes halogenated alkanes) is 1. The van der Waals surface area contributed by atoms with Gasteiger partial charge in [0.15, 0.2) is 5.78 Å². The van der Waals surface area contributed by atoms with Gasteiger partial charge in [0.2, 0.25) is 0 Å². The number of Topliss-reactive ketones (excluding diaryl/α,β-unsaturated/α-hetero) is 1. The zero-order valence-corrected chi connectivity index (χ0v) is 19.6. The number of rotatable bonds is 3. The Kier molecular flexibility index (Phi) is 5.64. The topological polar surface area (TPSA) is 76.0 Å². The largest absolute Gasteiger partial charge is 0.457 e. The van der Waals surface area contributed by atoms with Crippen LogP contribution in [0.1, 0.15) is 85.0 Å². The van der Waals surface area contributed by atoms with Crippen LogP contribution < -0.4 is 0 Å². The van der Waals surface area contributed by atoms with Crippen LogP contribution in [0, 0.1) is 34.5 Å². The molecule has 5 rings (SSSR count). The van der Waals surface area contributed by atoms with Crippen molar-refractivity contribution in [2.45, 2.75) is 109 Å². The summed E-state index contributed by atoms with van der Waals surface area (Å²) >= 11 is 0. The molecule has 9 unspecified atom stereocenters. The van der Waals surface area contributed by atoms with E-state index in [9.17, 15) is 15.0 Å². The van der Waals surface area contributed by atoms with Crippen molar-refractivity contribution in [3.05, 3.63) is 0 Å². The van der Waals surface area contributed by atoms with E-state index in [1.165, 1.54) is 0 Å². The quantitative estimate of drug-likeness (QED) is 0.660. The minimum atomic E-state index is -0.791. The number of carbonyl (C=O) groups is 1. The van der Waals surface area contributed by atoms with Crippen LogP contribution in [0.4, 0.5) is 0 Å². The highest BCUT2D eigenvalue weighted by atomic mass is 16.6. The maximum absolute atomic E-state index is 13.3. The van der Waals surface area contributed by atoms with Crippen molar-refractivity contribution in [2.75, 3.05) is 6.61 Å². The number of hydrogen-bond acceptors (Lipinski definition) is 5. The number of aliphatic hydroxyl groups is 2. The van der Waals surface area contributed by atoms with E-state index in [1.54, 1.807) is 0 Å². The van der Waals surface area contributed by atoms with Crippen LogP contribution in [0.15, 0.2) is 0 Å². The molecule has 1 aliphatic heterocycles. The third kappa shape index (κ3) is 3.14. The second-order valence-electron chi connectivity index (χ2n) is 12.0. The van der Waals surface area contributed by atoms with Crippen LogP contribution in [-0.4, -0.2) is 47.5 Å². The Bertz CT molecular complexity index is 716. The summed E-state index contributed by atoms with van der Waals surface area (Å²) in [6.07, 6.45) is 9.80. The predicted octanol–water partition coefficient (Wildman–Crippen LogP) is 4.00. The summed E-state index contributed by atoms with van der Waals surface area (Å²) < 4.78 is 12.4.